The second-order valence-corrected chi connectivity index (χ2v) is 13.1. The van der Waals surface area contributed by atoms with Crippen LogP contribution in [0.3, 0.4) is 0 Å². The molecule has 1 heterocycles. The summed E-state index contributed by atoms with van der Waals surface area (Å²) in [4.78, 5) is 41.7. The fourth-order valence-electron chi connectivity index (χ4n) is 7.27. The van der Waals surface area contributed by atoms with E-state index in [4.69, 9.17) is 9.47 Å². The topological polar surface area (TPSA) is 96.4 Å². The molecule has 0 aromatic heterocycles. The predicted octanol–water partition coefficient (Wildman–Crippen LogP) is 7.06. The molecule has 8 nitrogen and oxygen atoms in total. The average Bonchev–Trinajstić information content (AvgIpc) is 3.27. The SMILES string of the molecule is CC(C)(C)OC(=O)N1CCC2(CCCCC2N(CCCC(=O)O)C(=O)OCC2c3ccccc3-c3ccccc32)CC1. The van der Waals surface area contributed by atoms with Gasteiger partial charge in [0.05, 0.1) is 0 Å². The van der Waals surface area contributed by atoms with Gasteiger partial charge in [-0.05, 0) is 80.5 Å². The largest absolute Gasteiger partial charge is 0.481 e. The number of hydrogen-bond acceptors (Lipinski definition) is 5. The molecular formula is C34H44N2O6. The van der Waals surface area contributed by atoms with E-state index < -0.39 is 11.6 Å². The Morgan fingerprint density at radius 3 is 2.17 bits per heavy atom. The van der Waals surface area contributed by atoms with Gasteiger partial charge in [0, 0.05) is 38.0 Å². The first kappa shape index (κ1) is 29.9. The van der Waals surface area contributed by atoms with Crippen LogP contribution in [0.2, 0.25) is 0 Å². The molecule has 2 fully saturated rings. The van der Waals surface area contributed by atoms with Crippen molar-refractivity contribution in [3.8, 4) is 11.1 Å². The Morgan fingerprint density at radius 1 is 0.952 bits per heavy atom. The molecule has 1 N–H and O–H groups in total. The lowest BCUT2D eigenvalue weighted by Crippen LogP contribution is -2.57. The fraction of sp³-hybridized carbons (Fsp3) is 0.559. The first-order chi connectivity index (χ1) is 20.1. The summed E-state index contributed by atoms with van der Waals surface area (Å²) in [6.45, 7) is 7.35. The van der Waals surface area contributed by atoms with Gasteiger partial charge in [0.15, 0.2) is 0 Å². The van der Waals surface area contributed by atoms with Crippen LogP contribution in [0.25, 0.3) is 11.1 Å². The van der Waals surface area contributed by atoms with Crippen molar-refractivity contribution in [2.45, 2.75) is 89.7 Å². The van der Waals surface area contributed by atoms with E-state index in [1.54, 1.807) is 4.90 Å². The molecule has 5 rings (SSSR count). The van der Waals surface area contributed by atoms with Crippen LogP contribution in [0, 0.1) is 5.41 Å². The molecule has 1 saturated heterocycles. The van der Waals surface area contributed by atoms with Crippen molar-refractivity contribution in [3.05, 3.63) is 59.7 Å². The molecular weight excluding hydrogens is 532 g/mol. The molecule has 1 unspecified atom stereocenters. The molecule has 2 amide bonds. The number of benzene rings is 2. The van der Waals surface area contributed by atoms with E-state index in [9.17, 15) is 19.5 Å². The van der Waals surface area contributed by atoms with Gasteiger partial charge < -0.3 is 24.4 Å². The third-order valence-electron chi connectivity index (χ3n) is 9.26. The fourth-order valence-corrected chi connectivity index (χ4v) is 7.27. The van der Waals surface area contributed by atoms with Crippen LogP contribution in [0.1, 0.15) is 89.2 Å². The summed E-state index contributed by atoms with van der Waals surface area (Å²) in [7, 11) is 0. The Balaban J connectivity index is 1.32. The number of carboxylic acid groups (broad SMARTS) is 1. The number of carbonyl (C=O) groups is 3. The molecule has 3 aliphatic rings. The van der Waals surface area contributed by atoms with Crippen LogP contribution in [0.5, 0.6) is 0 Å². The highest BCUT2D eigenvalue weighted by atomic mass is 16.6. The van der Waals surface area contributed by atoms with Gasteiger partial charge in [0.2, 0.25) is 0 Å². The van der Waals surface area contributed by atoms with E-state index >= 15 is 0 Å². The van der Waals surface area contributed by atoms with Crippen LogP contribution < -0.4 is 0 Å². The van der Waals surface area contributed by atoms with Crippen LogP contribution in [0.15, 0.2) is 48.5 Å². The summed E-state index contributed by atoms with van der Waals surface area (Å²) in [5, 5.41) is 9.33. The van der Waals surface area contributed by atoms with Crippen molar-refractivity contribution < 1.29 is 29.0 Å². The molecule has 42 heavy (non-hydrogen) atoms. The summed E-state index contributed by atoms with van der Waals surface area (Å²) in [6.07, 6.45) is 5.18. The Morgan fingerprint density at radius 2 is 1.57 bits per heavy atom. The lowest BCUT2D eigenvalue weighted by atomic mass is 9.64. The average molecular weight is 577 g/mol. The maximum absolute atomic E-state index is 13.9. The van der Waals surface area contributed by atoms with E-state index in [1.807, 2.05) is 49.9 Å². The van der Waals surface area contributed by atoms with Crippen molar-refractivity contribution in [1.82, 2.24) is 9.80 Å². The van der Waals surface area contributed by atoms with E-state index in [1.165, 1.54) is 11.1 Å². The number of ether oxygens (including phenoxy) is 2. The number of aliphatic carboxylic acids is 1. The third-order valence-corrected chi connectivity index (χ3v) is 9.26. The van der Waals surface area contributed by atoms with Crippen molar-refractivity contribution in [1.29, 1.82) is 0 Å². The first-order valence-corrected chi connectivity index (χ1v) is 15.4. The molecule has 2 aromatic carbocycles. The number of fused-ring (bicyclic) bond motifs is 3. The van der Waals surface area contributed by atoms with Gasteiger partial charge in [-0.15, -0.1) is 0 Å². The second kappa shape index (κ2) is 12.4. The standard InChI is InChI=1S/C34H44N2O6/c1-33(2,3)42-31(39)35-21-18-34(19-22-35)17-9-8-15-29(34)36(20-10-16-30(37)38)32(40)41-23-28-26-13-6-4-11-24(26)25-12-5-7-14-27(25)28/h4-7,11-14,28-29H,8-10,15-23H2,1-3H3,(H,37,38). The molecule has 1 spiro atoms. The minimum Gasteiger partial charge on any atom is -0.481 e. The van der Waals surface area contributed by atoms with E-state index in [0.717, 1.165) is 49.7 Å². The van der Waals surface area contributed by atoms with Gasteiger partial charge in [0.1, 0.15) is 12.2 Å². The molecule has 1 aliphatic heterocycles. The predicted molar refractivity (Wildman–Crippen MR) is 160 cm³/mol. The Bertz CT molecular complexity index is 1250. The number of carbonyl (C=O) groups excluding carboxylic acids is 2. The number of hydrogen-bond donors (Lipinski definition) is 1. The number of carboxylic acids is 1. The monoisotopic (exact) mass is 576 g/mol. The van der Waals surface area contributed by atoms with Crippen LogP contribution in [-0.2, 0) is 14.3 Å². The molecule has 0 radical (unpaired) electrons. The zero-order chi connectivity index (χ0) is 29.9. The van der Waals surface area contributed by atoms with Gasteiger partial charge in [-0.2, -0.15) is 0 Å². The molecule has 0 bridgehead atoms. The highest BCUT2D eigenvalue weighted by Gasteiger charge is 2.48. The normalized spacial score (nSPS) is 19.6. The van der Waals surface area contributed by atoms with Crippen molar-refractivity contribution in [3.63, 3.8) is 0 Å². The van der Waals surface area contributed by atoms with E-state index in [0.29, 0.717) is 26.1 Å². The maximum atomic E-state index is 13.9. The Hall–Kier alpha value is -3.55. The number of nitrogens with zero attached hydrogens (tertiary/aromatic N) is 2. The van der Waals surface area contributed by atoms with Gasteiger partial charge in [-0.25, -0.2) is 9.59 Å². The third kappa shape index (κ3) is 6.42. The van der Waals surface area contributed by atoms with Crippen molar-refractivity contribution in [2.24, 2.45) is 5.41 Å². The lowest BCUT2D eigenvalue weighted by molar-refractivity contribution is -0.137. The number of rotatable bonds is 7. The zero-order valence-electron chi connectivity index (χ0n) is 25.1. The van der Waals surface area contributed by atoms with Gasteiger partial charge in [-0.3, -0.25) is 4.79 Å². The van der Waals surface area contributed by atoms with E-state index in [-0.39, 0.29) is 42.6 Å². The smallest absolute Gasteiger partial charge is 0.410 e. The molecule has 1 saturated carbocycles. The minimum absolute atomic E-state index is 0.000697. The molecule has 226 valence electrons. The van der Waals surface area contributed by atoms with Crippen molar-refractivity contribution in [2.75, 3.05) is 26.2 Å². The zero-order valence-corrected chi connectivity index (χ0v) is 25.1. The maximum Gasteiger partial charge on any atom is 0.410 e. The van der Waals surface area contributed by atoms with Crippen LogP contribution in [0.4, 0.5) is 9.59 Å². The lowest BCUT2D eigenvalue weighted by Gasteiger charge is -2.52. The molecule has 2 aliphatic carbocycles. The van der Waals surface area contributed by atoms with Gasteiger partial charge >= 0.3 is 18.2 Å². The summed E-state index contributed by atoms with van der Waals surface area (Å²) in [5.41, 5.74) is 3.99. The number of piperidine rings is 1. The molecule has 8 heteroatoms. The van der Waals surface area contributed by atoms with Crippen LogP contribution in [-0.4, -0.2) is 70.9 Å². The second-order valence-electron chi connectivity index (χ2n) is 13.1. The highest BCUT2D eigenvalue weighted by molar-refractivity contribution is 5.79. The molecule has 1 atom stereocenters. The Labute approximate surface area is 249 Å². The Kier molecular flexibility index (Phi) is 8.81. The number of amides is 2. The highest BCUT2D eigenvalue weighted by Crippen LogP contribution is 2.48. The van der Waals surface area contributed by atoms with Gasteiger partial charge in [-0.1, -0.05) is 61.4 Å². The summed E-state index contributed by atoms with van der Waals surface area (Å²) < 4.78 is 11.7. The minimum atomic E-state index is -0.869. The first-order valence-electron chi connectivity index (χ1n) is 15.4. The van der Waals surface area contributed by atoms with Crippen LogP contribution >= 0.6 is 0 Å². The summed E-state index contributed by atoms with van der Waals surface area (Å²) in [6, 6.07) is 16.5. The summed E-state index contributed by atoms with van der Waals surface area (Å²) in [5.74, 6) is -0.911. The van der Waals surface area contributed by atoms with Gasteiger partial charge in [0.25, 0.3) is 0 Å². The summed E-state index contributed by atoms with van der Waals surface area (Å²) >= 11 is 0. The number of likely N-dealkylation sites (tertiary alicyclic amines) is 1. The molecule has 2 aromatic rings. The quantitative estimate of drug-likeness (QED) is 0.379. The van der Waals surface area contributed by atoms with Crippen molar-refractivity contribution >= 4 is 18.2 Å². The van der Waals surface area contributed by atoms with E-state index in [2.05, 4.69) is 24.3 Å².